The molecule has 2 aliphatic heterocycles. The van der Waals surface area contributed by atoms with Gasteiger partial charge in [-0.3, -0.25) is 4.79 Å². The molecule has 110 valence electrons. The SMILES string of the molecule is O=C(O)C1=NN(Cc2cc(Br)cc3c2OCC3)C(=O)CC1. The van der Waals surface area contributed by atoms with Crippen LogP contribution in [0.3, 0.4) is 0 Å². The molecule has 7 heteroatoms. The zero-order valence-corrected chi connectivity index (χ0v) is 12.7. The number of hydrogen-bond acceptors (Lipinski definition) is 4. The summed E-state index contributed by atoms with van der Waals surface area (Å²) in [6.07, 6.45) is 1.18. The monoisotopic (exact) mass is 352 g/mol. The summed E-state index contributed by atoms with van der Waals surface area (Å²) in [5.41, 5.74) is 1.94. The van der Waals surface area contributed by atoms with E-state index in [4.69, 9.17) is 9.84 Å². The predicted molar refractivity (Wildman–Crippen MR) is 78.2 cm³/mol. The summed E-state index contributed by atoms with van der Waals surface area (Å²) in [5, 5.41) is 14.2. The van der Waals surface area contributed by atoms with Gasteiger partial charge in [0.25, 0.3) is 0 Å². The second-order valence-electron chi connectivity index (χ2n) is 4.95. The van der Waals surface area contributed by atoms with E-state index in [1.165, 1.54) is 5.01 Å². The highest BCUT2D eigenvalue weighted by atomic mass is 79.9. The average molecular weight is 353 g/mol. The number of nitrogens with zero attached hydrogens (tertiary/aromatic N) is 2. The maximum absolute atomic E-state index is 11.9. The van der Waals surface area contributed by atoms with Crippen LogP contribution in [-0.4, -0.2) is 34.3 Å². The number of aliphatic carboxylic acids is 1. The van der Waals surface area contributed by atoms with Gasteiger partial charge in [-0.2, -0.15) is 5.10 Å². The summed E-state index contributed by atoms with van der Waals surface area (Å²) >= 11 is 3.44. The molecule has 0 spiro atoms. The van der Waals surface area contributed by atoms with Crippen LogP contribution >= 0.6 is 15.9 Å². The zero-order valence-electron chi connectivity index (χ0n) is 11.1. The van der Waals surface area contributed by atoms with Gasteiger partial charge < -0.3 is 9.84 Å². The van der Waals surface area contributed by atoms with E-state index in [0.717, 1.165) is 27.8 Å². The van der Waals surface area contributed by atoms with Crippen molar-refractivity contribution in [2.45, 2.75) is 25.8 Å². The van der Waals surface area contributed by atoms with Gasteiger partial charge >= 0.3 is 5.97 Å². The minimum atomic E-state index is -1.08. The number of rotatable bonds is 3. The van der Waals surface area contributed by atoms with E-state index >= 15 is 0 Å². The summed E-state index contributed by atoms with van der Waals surface area (Å²) in [7, 11) is 0. The maximum Gasteiger partial charge on any atom is 0.352 e. The Morgan fingerprint density at radius 1 is 1.38 bits per heavy atom. The van der Waals surface area contributed by atoms with Gasteiger partial charge in [0.05, 0.1) is 13.2 Å². The van der Waals surface area contributed by atoms with E-state index in [-0.39, 0.29) is 31.0 Å². The van der Waals surface area contributed by atoms with E-state index in [0.29, 0.717) is 6.61 Å². The number of amides is 1. The molecular weight excluding hydrogens is 340 g/mol. The second kappa shape index (κ2) is 5.48. The molecule has 0 bridgehead atoms. The van der Waals surface area contributed by atoms with E-state index in [1.807, 2.05) is 12.1 Å². The number of carboxylic acid groups (broad SMARTS) is 1. The van der Waals surface area contributed by atoms with Crippen LogP contribution in [0.5, 0.6) is 5.75 Å². The van der Waals surface area contributed by atoms with Crippen LogP contribution in [0, 0.1) is 0 Å². The first-order valence-electron chi connectivity index (χ1n) is 6.60. The van der Waals surface area contributed by atoms with E-state index in [2.05, 4.69) is 21.0 Å². The van der Waals surface area contributed by atoms with Crippen molar-refractivity contribution in [2.75, 3.05) is 6.61 Å². The Hall–Kier alpha value is -1.89. The van der Waals surface area contributed by atoms with Gasteiger partial charge in [0.1, 0.15) is 11.5 Å². The zero-order chi connectivity index (χ0) is 15.0. The van der Waals surface area contributed by atoms with Crippen molar-refractivity contribution in [2.24, 2.45) is 5.10 Å². The fourth-order valence-electron chi connectivity index (χ4n) is 2.50. The molecule has 0 saturated heterocycles. The van der Waals surface area contributed by atoms with E-state index in [1.54, 1.807) is 0 Å². The van der Waals surface area contributed by atoms with Gasteiger partial charge in [0.15, 0.2) is 0 Å². The molecule has 1 amide bonds. The molecule has 0 fully saturated rings. The molecule has 0 aromatic heterocycles. The summed E-state index contributed by atoms with van der Waals surface area (Å²) in [4.78, 5) is 22.9. The van der Waals surface area contributed by atoms with Crippen LogP contribution in [0.2, 0.25) is 0 Å². The van der Waals surface area contributed by atoms with Crippen LogP contribution in [-0.2, 0) is 22.6 Å². The summed E-state index contributed by atoms with van der Waals surface area (Å²) in [6.45, 7) is 0.841. The molecule has 1 N–H and O–H groups in total. The average Bonchev–Trinajstić information content (AvgIpc) is 2.89. The fourth-order valence-corrected chi connectivity index (χ4v) is 3.06. The van der Waals surface area contributed by atoms with E-state index in [9.17, 15) is 9.59 Å². The molecule has 0 radical (unpaired) electrons. The lowest BCUT2D eigenvalue weighted by Gasteiger charge is -2.23. The largest absolute Gasteiger partial charge is 0.493 e. The molecule has 1 aromatic carbocycles. The van der Waals surface area contributed by atoms with Gasteiger partial charge in [-0.1, -0.05) is 15.9 Å². The van der Waals surface area contributed by atoms with Crippen molar-refractivity contribution in [3.05, 3.63) is 27.7 Å². The van der Waals surface area contributed by atoms with Crippen LogP contribution in [0.4, 0.5) is 0 Å². The lowest BCUT2D eigenvalue weighted by molar-refractivity contribution is -0.133. The van der Waals surface area contributed by atoms with Crippen LogP contribution in [0.1, 0.15) is 24.0 Å². The molecule has 1 aromatic rings. The number of halogens is 1. The number of fused-ring (bicyclic) bond motifs is 1. The standard InChI is InChI=1S/C14H13BrN2O4/c15-10-5-8-3-4-21-13(8)9(6-10)7-17-12(18)2-1-11(16-17)14(19)20/h5-6H,1-4,7H2,(H,19,20). The van der Waals surface area contributed by atoms with Gasteiger partial charge in [-0.15, -0.1) is 0 Å². The normalized spacial score (nSPS) is 17.3. The number of carbonyl (C=O) groups is 2. The topological polar surface area (TPSA) is 79.2 Å². The smallest absolute Gasteiger partial charge is 0.352 e. The maximum atomic E-state index is 11.9. The Balaban J connectivity index is 1.91. The summed E-state index contributed by atoms with van der Waals surface area (Å²) in [5.74, 6) is -0.474. The molecule has 2 aliphatic rings. The second-order valence-corrected chi connectivity index (χ2v) is 5.87. The number of hydrogen-bond donors (Lipinski definition) is 1. The van der Waals surface area contributed by atoms with Crippen molar-refractivity contribution in [1.82, 2.24) is 5.01 Å². The first-order valence-corrected chi connectivity index (χ1v) is 7.39. The van der Waals surface area contributed by atoms with Crippen molar-refractivity contribution in [3.63, 3.8) is 0 Å². The molecule has 0 saturated carbocycles. The van der Waals surface area contributed by atoms with E-state index < -0.39 is 5.97 Å². The number of carboxylic acids is 1. The molecule has 6 nitrogen and oxygen atoms in total. The quantitative estimate of drug-likeness (QED) is 0.901. The lowest BCUT2D eigenvalue weighted by atomic mass is 10.1. The van der Waals surface area contributed by atoms with Crippen molar-refractivity contribution in [1.29, 1.82) is 0 Å². The first kappa shape index (κ1) is 14.1. The first-order chi connectivity index (χ1) is 10.0. The molecule has 21 heavy (non-hydrogen) atoms. The number of ether oxygens (including phenoxy) is 1. The third-order valence-electron chi connectivity index (χ3n) is 3.50. The highest BCUT2D eigenvalue weighted by Gasteiger charge is 2.26. The van der Waals surface area contributed by atoms with Crippen molar-refractivity contribution >= 4 is 33.5 Å². The van der Waals surface area contributed by atoms with Crippen molar-refractivity contribution < 1.29 is 19.4 Å². The number of carbonyl (C=O) groups excluding carboxylic acids is 1. The minimum Gasteiger partial charge on any atom is -0.493 e. The Kier molecular flexibility index (Phi) is 3.67. The van der Waals surface area contributed by atoms with Crippen LogP contribution < -0.4 is 4.74 Å². The van der Waals surface area contributed by atoms with Crippen molar-refractivity contribution in [3.8, 4) is 5.75 Å². The number of benzene rings is 1. The number of hydrazone groups is 1. The third-order valence-corrected chi connectivity index (χ3v) is 3.96. The molecule has 0 aliphatic carbocycles. The minimum absolute atomic E-state index is 0.0159. The van der Waals surface area contributed by atoms with Crippen LogP contribution in [0.25, 0.3) is 0 Å². The molecule has 0 atom stereocenters. The Morgan fingerprint density at radius 3 is 2.95 bits per heavy atom. The molecule has 2 heterocycles. The van der Waals surface area contributed by atoms with Gasteiger partial charge in [0.2, 0.25) is 5.91 Å². The molecule has 0 unspecified atom stereocenters. The Bertz CT molecular complexity index is 657. The predicted octanol–water partition coefficient (Wildman–Crippen LogP) is 1.95. The summed E-state index contributed by atoms with van der Waals surface area (Å²) < 4.78 is 6.52. The highest BCUT2D eigenvalue weighted by molar-refractivity contribution is 9.10. The van der Waals surface area contributed by atoms with Crippen LogP contribution in [0.15, 0.2) is 21.7 Å². The highest BCUT2D eigenvalue weighted by Crippen LogP contribution is 2.34. The third kappa shape index (κ3) is 2.78. The van der Waals surface area contributed by atoms with Gasteiger partial charge in [-0.05, 0) is 17.7 Å². The molecular formula is C14H13BrN2O4. The Morgan fingerprint density at radius 2 is 2.19 bits per heavy atom. The van der Waals surface area contributed by atoms with Gasteiger partial charge in [-0.25, -0.2) is 9.80 Å². The summed E-state index contributed by atoms with van der Waals surface area (Å²) in [6, 6.07) is 3.87. The van der Waals surface area contributed by atoms with Gasteiger partial charge in [0, 0.05) is 29.3 Å². The Labute approximate surface area is 129 Å². The fraction of sp³-hybridized carbons (Fsp3) is 0.357. The lowest BCUT2D eigenvalue weighted by Crippen LogP contribution is -2.33. The molecule has 3 rings (SSSR count).